The van der Waals surface area contributed by atoms with E-state index >= 15 is 0 Å². The molecule has 1 N–H and O–H groups in total. The van der Waals surface area contributed by atoms with Gasteiger partial charge in [-0.05, 0) is 49.2 Å². The van der Waals surface area contributed by atoms with Crippen molar-refractivity contribution < 1.29 is 9.53 Å². The van der Waals surface area contributed by atoms with Gasteiger partial charge in [0.05, 0.1) is 18.9 Å². The smallest absolute Gasteiger partial charge is 0.256 e. The minimum atomic E-state index is -0.158. The molecule has 6 heteroatoms. The van der Waals surface area contributed by atoms with E-state index in [0.29, 0.717) is 29.5 Å². The summed E-state index contributed by atoms with van der Waals surface area (Å²) in [5.74, 6) is 0.618. The Labute approximate surface area is 146 Å². The van der Waals surface area contributed by atoms with Gasteiger partial charge in [0.15, 0.2) is 5.82 Å². The van der Waals surface area contributed by atoms with E-state index in [1.54, 1.807) is 6.20 Å². The van der Waals surface area contributed by atoms with Crippen molar-refractivity contribution in [2.45, 2.75) is 13.8 Å². The summed E-state index contributed by atoms with van der Waals surface area (Å²) < 4.78 is 5.38. The molecule has 1 aliphatic rings. The number of nitrogens with one attached hydrogen (secondary N) is 1. The lowest BCUT2D eigenvalue weighted by Gasteiger charge is -2.29. The summed E-state index contributed by atoms with van der Waals surface area (Å²) in [6, 6.07) is 7.32. The van der Waals surface area contributed by atoms with E-state index in [2.05, 4.69) is 15.2 Å². The third kappa shape index (κ3) is 3.52. The summed E-state index contributed by atoms with van der Waals surface area (Å²) in [7, 11) is 0. The van der Waals surface area contributed by atoms with Gasteiger partial charge in [0, 0.05) is 29.9 Å². The maximum absolute atomic E-state index is 12.7. The Kier molecular flexibility index (Phi) is 5.02. The van der Waals surface area contributed by atoms with Crippen LogP contribution in [0.25, 0.3) is 0 Å². The van der Waals surface area contributed by atoms with Gasteiger partial charge in [0.25, 0.3) is 5.91 Å². The monoisotopic (exact) mass is 345 g/mol. The van der Waals surface area contributed by atoms with Crippen LogP contribution in [0.5, 0.6) is 0 Å². The van der Waals surface area contributed by atoms with Crippen LogP contribution in [0.2, 0.25) is 5.02 Å². The number of hydrogen-bond acceptors (Lipinski definition) is 4. The van der Waals surface area contributed by atoms with Crippen LogP contribution in [-0.2, 0) is 4.74 Å². The number of ether oxygens (including phenoxy) is 1. The molecule has 1 aliphatic heterocycles. The molecule has 126 valence electrons. The lowest BCUT2D eigenvalue weighted by atomic mass is 10.0. The molecule has 5 nitrogen and oxygen atoms in total. The molecule has 0 unspecified atom stereocenters. The first-order valence-corrected chi connectivity index (χ1v) is 8.30. The zero-order valence-corrected chi connectivity index (χ0v) is 14.6. The van der Waals surface area contributed by atoms with Crippen LogP contribution in [0.15, 0.2) is 30.5 Å². The van der Waals surface area contributed by atoms with E-state index in [1.165, 1.54) is 0 Å². The van der Waals surface area contributed by atoms with Gasteiger partial charge in [-0.1, -0.05) is 11.6 Å². The first-order valence-electron chi connectivity index (χ1n) is 7.92. The predicted molar refractivity (Wildman–Crippen MR) is 96.1 cm³/mol. The van der Waals surface area contributed by atoms with Crippen molar-refractivity contribution in [3.8, 4) is 0 Å². The minimum Gasteiger partial charge on any atom is -0.378 e. The van der Waals surface area contributed by atoms with Gasteiger partial charge < -0.3 is 15.0 Å². The summed E-state index contributed by atoms with van der Waals surface area (Å²) in [4.78, 5) is 19.3. The summed E-state index contributed by atoms with van der Waals surface area (Å²) in [5, 5.41) is 3.65. The number of benzene rings is 1. The highest BCUT2D eigenvalue weighted by Gasteiger charge is 2.18. The van der Waals surface area contributed by atoms with Crippen LogP contribution in [0.1, 0.15) is 21.5 Å². The quantitative estimate of drug-likeness (QED) is 0.925. The SMILES string of the molecule is Cc1cc(C(=O)Nc2cccnc2N2CCOCC2)c(C)cc1Cl. The number of pyridine rings is 1. The van der Waals surface area contributed by atoms with Gasteiger partial charge in [-0.25, -0.2) is 4.98 Å². The highest BCUT2D eigenvalue weighted by molar-refractivity contribution is 6.31. The number of rotatable bonds is 3. The molecule has 0 bridgehead atoms. The van der Waals surface area contributed by atoms with Crippen molar-refractivity contribution in [3.63, 3.8) is 0 Å². The molecule has 3 rings (SSSR count). The molecule has 2 aromatic rings. The van der Waals surface area contributed by atoms with E-state index < -0.39 is 0 Å². The third-order valence-corrected chi connectivity index (χ3v) is 4.50. The Bertz CT molecular complexity index is 758. The number of halogens is 1. The van der Waals surface area contributed by atoms with Gasteiger partial charge in [-0.2, -0.15) is 0 Å². The fourth-order valence-electron chi connectivity index (χ4n) is 2.74. The highest BCUT2D eigenvalue weighted by Crippen LogP contribution is 2.26. The zero-order chi connectivity index (χ0) is 17.1. The van der Waals surface area contributed by atoms with Crippen molar-refractivity contribution >= 4 is 29.0 Å². The van der Waals surface area contributed by atoms with Crippen LogP contribution in [-0.4, -0.2) is 37.2 Å². The summed E-state index contributed by atoms with van der Waals surface area (Å²) >= 11 is 6.12. The number of aromatic nitrogens is 1. The maximum Gasteiger partial charge on any atom is 0.256 e. The number of aryl methyl sites for hydroxylation is 2. The maximum atomic E-state index is 12.7. The number of hydrogen-bond donors (Lipinski definition) is 1. The number of carbonyl (C=O) groups excluding carboxylic acids is 1. The topological polar surface area (TPSA) is 54.5 Å². The van der Waals surface area contributed by atoms with Crippen molar-refractivity contribution in [2.24, 2.45) is 0 Å². The number of anilines is 2. The van der Waals surface area contributed by atoms with Gasteiger partial charge >= 0.3 is 0 Å². The Morgan fingerprint density at radius 1 is 1.25 bits per heavy atom. The molecule has 24 heavy (non-hydrogen) atoms. The minimum absolute atomic E-state index is 0.158. The third-order valence-electron chi connectivity index (χ3n) is 4.10. The molecule has 1 saturated heterocycles. The van der Waals surface area contributed by atoms with E-state index in [0.717, 1.165) is 30.0 Å². The summed E-state index contributed by atoms with van der Waals surface area (Å²) in [6.07, 6.45) is 1.73. The molecule has 1 fully saturated rings. The fraction of sp³-hybridized carbons (Fsp3) is 0.333. The molecular weight excluding hydrogens is 326 g/mol. The van der Waals surface area contributed by atoms with Crippen LogP contribution >= 0.6 is 11.6 Å². The van der Waals surface area contributed by atoms with E-state index in [4.69, 9.17) is 16.3 Å². The Hall–Kier alpha value is -2.11. The second-order valence-corrected chi connectivity index (χ2v) is 6.25. The zero-order valence-electron chi connectivity index (χ0n) is 13.8. The van der Waals surface area contributed by atoms with Gasteiger partial charge in [0.1, 0.15) is 0 Å². The second kappa shape index (κ2) is 7.20. The second-order valence-electron chi connectivity index (χ2n) is 5.84. The first-order chi connectivity index (χ1) is 11.6. The van der Waals surface area contributed by atoms with Gasteiger partial charge in [-0.15, -0.1) is 0 Å². The normalized spacial score (nSPS) is 14.5. The standard InChI is InChI=1S/C18H20ClN3O2/c1-12-11-15(19)13(2)10-14(12)18(23)21-16-4-3-5-20-17(16)22-6-8-24-9-7-22/h3-5,10-11H,6-9H2,1-2H3,(H,21,23). The summed E-state index contributed by atoms with van der Waals surface area (Å²) in [6.45, 7) is 6.63. The van der Waals surface area contributed by atoms with Gasteiger partial charge in [0.2, 0.25) is 0 Å². The molecule has 1 aromatic heterocycles. The molecule has 1 aromatic carbocycles. The van der Waals surface area contributed by atoms with E-state index in [1.807, 2.05) is 38.1 Å². The predicted octanol–water partition coefficient (Wildman–Crippen LogP) is 3.44. The fourth-order valence-corrected chi connectivity index (χ4v) is 2.96. The average Bonchev–Trinajstić information content (AvgIpc) is 2.59. The lowest BCUT2D eigenvalue weighted by Crippen LogP contribution is -2.37. The van der Waals surface area contributed by atoms with E-state index in [-0.39, 0.29) is 5.91 Å². The Morgan fingerprint density at radius 3 is 2.75 bits per heavy atom. The van der Waals surface area contributed by atoms with Crippen molar-refractivity contribution in [3.05, 3.63) is 52.2 Å². The van der Waals surface area contributed by atoms with Crippen LogP contribution in [0.3, 0.4) is 0 Å². The summed E-state index contributed by atoms with van der Waals surface area (Å²) in [5.41, 5.74) is 3.05. The Balaban J connectivity index is 1.86. The van der Waals surface area contributed by atoms with Crippen LogP contribution in [0, 0.1) is 13.8 Å². The van der Waals surface area contributed by atoms with Gasteiger partial charge in [-0.3, -0.25) is 4.79 Å². The Morgan fingerprint density at radius 2 is 2.00 bits per heavy atom. The molecule has 0 atom stereocenters. The number of nitrogens with zero attached hydrogens (tertiary/aromatic N) is 2. The van der Waals surface area contributed by atoms with Crippen molar-refractivity contribution in [2.75, 3.05) is 36.5 Å². The number of morpholine rings is 1. The van der Waals surface area contributed by atoms with Crippen molar-refractivity contribution in [1.29, 1.82) is 0 Å². The molecule has 0 radical (unpaired) electrons. The molecule has 0 aliphatic carbocycles. The van der Waals surface area contributed by atoms with Crippen LogP contribution < -0.4 is 10.2 Å². The molecular formula is C18H20ClN3O2. The molecule has 0 spiro atoms. The average molecular weight is 346 g/mol. The van der Waals surface area contributed by atoms with Crippen LogP contribution in [0.4, 0.5) is 11.5 Å². The van der Waals surface area contributed by atoms with E-state index in [9.17, 15) is 4.79 Å². The lowest BCUT2D eigenvalue weighted by molar-refractivity contribution is 0.102. The molecule has 0 saturated carbocycles. The highest BCUT2D eigenvalue weighted by atomic mass is 35.5. The number of carbonyl (C=O) groups is 1. The molecule has 2 heterocycles. The number of amides is 1. The van der Waals surface area contributed by atoms with Crippen molar-refractivity contribution in [1.82, 2.24) is 4.98 Å². The first kappa shape index (κ1) is 16.7. The largest absolute Gasteiger partial charge is 0.378 e. The molecule has 1 amide bonds.